The lowest BCUT2D eigenvalue weighted by Crippen LogP contribution is -2.38. The van der Waals surface area contributed by atoms with E-state index in [0.29, 0.717) is 38.6 Å². The van der Waals surface area contributed by atoms with E-state index in [0.717, 1.165) is 12.0 Å². The predicted molar refractivity (Wildman–Crippen MR) is 101 cm³/mol. The van der Waals surface area contributed by atoms with Crippen LogP contribution in [0.2, 0.25) is 0 Å². The van der Waals surface area contributed by atoms with E-state index in [9.17, 15) is 13.2 Å². The molecule has 0 radical (unpaired) electrons. The average molecular weight is 389 g/mol. The Hall–Kier alpha value is -1.80. The molecule has 154 valence electrons. The normalized spacial score (nSPS) is 13.4. The molecule has 0 bridgehead atoms. The Labute approximate surface area is 159 Å². The first-order chi connectivity index (χ1) is 12.9. The van der Waals surface area contributed by atoms with Crippen molar-refractivity contribution in [3.8, 4) is 0 Å². The van der Waals surface area contributed by atoms with Gasteiger partial charge in [0.1, 0.15) is 6.61 Å². The van der Waals surface area contributed by atoms with Crippen molar-refractivity contribution in [3.05, 3.63) is 35.9 Å². The molecule has 0 amide bonds. The lowest BCUT2D eigenvalue weighted by Gasteiger charge is -2.14. The molecule has 1 aromatic carbocycles. The van der Waals surface area contributed by atoms with E-state index in [4.69, 9.17) is 4.74 Å². The number of alkyl halides is 3. The summed E-state index contributed by atoms with van der Waals surface area (Å²) in [5.74, 6) is 0.643. The van der Waals surface area contributed by atoms with Gasteiger partial charge in [-0.3, -0.25) is 4.99 Å². The van der Waals surface area contributed by atoms with Gasteiger partial charge in [-0.25, -0.2) is 0 Å². The summed E-state index contributed by atoms with van der Waals surface area (Å²) in [7, 11) is 0. The summed E-state index contributed by atoms with van der Waals surface area (Å²) in [5.41, 5.74) is 1.15. The molecule has 1 unspecified atom stereocenters. The molecular formula is C19H30F3N3O2. The van der Waals surface area contributed by atoms with Gasteiger partial charge in [-0.1, -0.05) is 30.3 Å². The Morgan fingerprint density at radius 2 is 1.85 bits per heavy atom. The summed E-state index contributed by atoms with van der Waals surface area (Å²) < 4.78 is 46.3. The zero-order valence-corrected chi connectivity index (χ0v) is 16.0. The number of hydrogen-bond donors (Lipinski definition) is 2. The molecule has 0 spiro atoms. The molecule has 1 aromatic rings. The fourth-order valence-electron chi connectivity index (χ4n) is 2.25. The van der Waals surface area contributed by atoms with Gasteiger partial charge in [0.25, 0.3) is 0 Å². The second-order valence-corrected chi connectivity index (χ2v) is 5.99. The van der Waals surface area contributed by atoms with Crippen molar-refractivity contribution in [3.63, 3.8) is 0 Å². The second kappa shape index (κ2) is 13.4. The van der Waals surface area contributed by atoms with Gasteiger partial charge in [0, 0.05) is 32.8 Å². The number of halogens is 3. The van der Waals surface area contributed by atoms with Gasteiger partial charge < -0.3 is 20.1 Å². The molecule has 0 heterocycles. The molecule has 0 aliphatic heterocycles. The number of ether oxygens (including phenoxy) is 2. The average Bonchev–Trinajstić information content (AvgIpc) is 2.63. The van der Waals surface area contributed by atoms with Crippen molar-refractivity contribution in [2.75, 3.05) is 39.5 Å². The quantitative estimate of drug-likeness (QED) is 0.325. The van der Waals surface area contributed by atoms with Crippen LogP contribution in [0.4, 0.5) is 13.2 Å². The van der Waals surface area contributed by atoms with Crippen LogP contribution in [0.1, 0.15) is 38.4 Å². The van der Waals surface area contributed by atoms with Crippen LogP contribution in [0.15, 0.2) is 35.3 Å². The SMILES string of the molecule is CCNC(=NCCCOCC(F)(F)F)NCCCOC(C)c1ccccc1. The summed E-state index contributed by atoms with van der Waals surface area (Å²) >= 11 is 0. The molecule has 0 aliphatic carbocycles. The van der Waals surface area contributed by atoms with Gasteiger partial charge in [-0.05, 0) is 32.3 Å². The van der Waals surface area contributed by atoms with Gasteiger partial charge in [0.15, 0.2) is 5.96 Å². The van der Waals surface area contributed by atoms with Crippen LogP contribution in [0, 0.1) is 0 Å². The lowest BCUT2D eigenvalue weighted by atomic mass is 10.1. The molecule has 27 heavy (non-hydrogen) atoms. The van der Waals surface area contributed by atoms with Crippen LogP contribution in [-0.4, -0.2) is 51.6 Å². The Morgan fingerprint density at radius 3 is 2.52 bits per heavy atom. The maximum absolute atomic E-state index is 12.0. The minimum absolute atomic E-state index is 0.0353. The number of hydrogen-bond acceptors (Lipinski definition) is 3. The zero-order chi connectivity index (χ0) is 20.0. The van der Waals surface area contributed by atoms with E-state index in [1.807, 2.05) is 44.2 Å². The van der Waals surface area contributed by atoms with Crippen LogP contribution < -0.4 is 10.6 Å². The van der Waals surface area contributed by atoms with E-state index < -0.39 is 12.8 Å². The topological polar surface area (TPSA) is 54.9 Å². The molecule has 0 saturated heterocycles. The Morgan fingerprint density at radius 1 is 1.11 bits per heavy atom. The van der Waals surface area contributed by atoms with Gasteiger partial charge in [-0.15, -0.1) is 0 Å². The predicted octanol–water partition coefficient (Wildman–Crippen LogP) is 3.68. The van der Waals surface area contributed by atoms with Crippen LogP contribution in [0.3, 0.4) is 0 Å². The highest BCUT2D eigenvalue weighted by atomic mass is 19.4. The first-order valence-electron chi connectivity index (χ1n) is 9.25. The summed E-state index contributed by atoms with van der Waals surface area (Å²) in [5, 5.41) is 6.29. The first kappa shape index (κ1) is 23.2. The molecule has 8 heteroatoms. The molecule has 1 rings (SSSR count). The van der Waals surface area contributed by atoms with Crippen LogP contribution in [0.5, 0.6) is 0 Å². The first-order valence-corrected chi connectivity index (χ1v) is 9.25. The molecule has 0 fully saturated rings. The third-order valence-electron chi connectivity index (χ3n) is 3.58. The van der Waals surface area contributed by atoms with E-state index >= 15 is 0 Å². The molecular weight excluding hydrogens is 359 g/mol. The van der Waals surface area contributed by atoms with Gasteiger partial charge >= 0.3 is 6.18 Å². The monoisotopic (exact) mass is 389 g/mol. The van der Waals surface area contributed by atoms with E-state index in [1.165, 1.54) is 0 Å². The smallest absolute Gasteiger partial charge is 0.374 e. The van der Waals surface area contributed by atoms with Gasteiger partial charge in [0.05, 0.1) is 6.10 Å². The summed E-state index contributed by atoms with van der Waals surface area (Å²) in [4.78, 5) is 4.32. The van der Waals surface area contributed by atoms with Crippen LogP contribution >= 0.6 is 0 Å². The number of guanidine groups is 1. The van der Waals surface area contributed by atoms with Crippen molar-refractivity contribution >= 4 is 5.96 Å². The second-order valence-electron chi connectivity index (χ2n) is 5.99. The van der Waals surface area contributed by atoms with Crippen molar-refractivity contribution < 1.29 is 22.6 Å². The molecule has 5 nitrogen and oxygen atoms in total. The van der Waals surface area contributed by atoms with E-state index in [2.05, 4.69) is 20.4 Å². The largest absolute Gasteiger partial charge is 0.411 e. The minimum Gasteiger partial charge on any atom is -0.374 e. The molecule has 2 N–H and O–H groups in total. The van der Waals surface area contributed by atoms with Crippen LogP contribution in [-0.2, 0) is 9.47 Å². The Kier molecular flexibility index (Phi) is 11.5. The highest BCUT2D eigenvalue weighted by Crippen LogP contribution is 2.16. The highest BCUT2D eigenvalue weighted by molar-refractivity contribution is 5.79. The summed E-state index contributed by atoms with van der Waals surface area (Å²) in [6.45, 7) is 5.21. The summed E-state index contributed by atoms with van der Waals surface area (Å²) in [6.07, 6.45) is -2.98. The standard InChI is InChI=1S/C19H30F3N3O2/c1-3-23-18(24-11-7-13-26-15-19(20,21)22)25-12-8-14-27-16(2)17-9-5-4-6-10-17/h4-6,9-10,16H,3,7-8,11-15H2,1-2H3,(H2,23,24,25). The number of rotatable bonds is 12. The number of benzene rings is 1. The van der Waals surface area contributed by atoms with Crippen molar-refractivity contribution in [2.24, 2.45) is 4.99 Å². The molecule has 0 aliphatic rings. The minimum atomic E-state index is -4.28. The van der Waals surface area contributed by atoms with E-state index in [1.54, 1.807) is 0 Å². The number of nitrogens with zero attached hydrogens (tertiary/aromatic N) is 1. The van der Waals surface area contributed by atoms with Crippen LogP contribution in [0.25, 0.3) is 0 Å². The Balaban J connectivity index is 2.16. The number of aliphatic imine (C=N–C) groups is 1. The van der Waals surface area contributed by atoms with Gasteiger partial charge in [0.2, 0.25) is 0 Å². The van der Waals surface area contributed by atoms with E-state index in [-0.39, 0.29) is 12.7 Å². The Bertz CT molecular complexity index is 525. The lowest BCUT2D eigenvalue weighted by molar-refractivity contribution is -0.173. The summed E-state index contributed by atoms with van der Waals surface area (Å²) in [6, 6.07) is 10.0. The maximum Gasteiger partial charge on any atom is 0.411 e. The van der Waals surface area contributed by atoms with Crippen molar-refractivity contribution in [1.82, 2.24) is 10.6 Å². The fraction of sp³-hybridized carbons (Fsp3) is 0.632. The number of nitrogens with one attached hydrogen (secondary N) is 2. The molecule has 0 aromatic heterocycles. The van der Waals surface area contributed by atoms with Gasteiger partial charge in [-0.2, -0.15) is 13.2 Å². The zero-order valence-electron chi connectivity index (χ0n) is 16.0. The van der Waals surface area contributed by atoms with Crippen molar-refractivity contribution in [1.29, 1.82) is 0 Å². The third-order valence-corrected chi connectivity index (χ3v) is 3.58. The molecule has 0 saturated carbocycles. The molecule has 1 atom stereocenters. The third kappa shape index (κ3) is 12.3. The fourth-order valence-corrected chi connectivity index (χ4v) is 2.25. The highest BCUT2D eigenvalue weighted by Gasteiger charge is 2.27. The van der Waals surface area contributed by atoms with Crippen molar-refractivity contribution in [2.45, 2.75) is 39.0 Å². The maximum atomic E-state index is 12.0.